The molecule has 0 bridgehead atoms. The van der Waals surface area contributed by atoms with E-state index in [9.17, 15) is 0 Å². The Morgan fingerprint density at radius 3 is 1.24 bits per heavy atom. The zero-order valence-corrected chi connectivity index (χ0v) is 28.5. The predicted molar refractivity (Wildman–Crippen MR) is 147 cm³/mol. The third-order valence-electron chi connectivity index (χ3n) is 7.44. The standard InChI is InChI=1S/2C13H17Si.C3H6.2ClH.Zr/c2*1-10-9-11-7-5-6-8-12(11)13(10)14(2,3)4;1-3-2;;;/h2*5-9H,1-4H3;1-2H3;2*1H;/q;;;;;+2/p-2. The molecule has 0 aromatic heterocycles. The van der Waals surface area contributed by atoms with Gasteiger partial charge in [0.25, 0.3) is 0 Å². The first-order valence-electron chi connectivity index (χ1n) is 12.1. The summed E-state index contributed by atoms with van der Waals surface area (Å²) in [6.45, 7) is 25.2. The maximum atomic E-state index is 2.54. The second-order valence-electron chi connectivity index (χ2n) is 12.1. The van der Waals surface area contributed by atoms with Crippen molar-refractivity contribution in [2.75, 3.05) is 0 Å². The van der Waals surface area contributed by atoms with Gasteiger partial charge in [-0.3, -0.25) is 0 Å². The fourth-order valence-electron chi connectivity index (χ4n) is 6.67. The maximum absolute atomic E-state index is 2.54. The van der Waals surface area contributed by atoms with Crippen molar-refractivity contribution in [3.05, 3.63) is 81.9 Å². The number of halogens is 2. The molecule has 0 aliphatic heterocycles. The summed E-state index contributed by atoms with van der Waals surface area (Å²) in [5, 5.41) is 3.49. The number of fused-ring (bicyclic) bond motifs is 2. The molecule has 182 valence electrons. The topological polar surface area (TPSA) is 0 Å². The van der Waals surface area contributed by atoms with Gasteiger partial charge in [0.15, 0.2) is 0 Å². The molecule has 2 aromatic carbocycles. The molecule has 34 heavy (non-hydrogen) atoms. The molecule has 0 amide bonds. The van der Waals surface area contributed by atoms with E-state index in [1.54, 1.807) is 47.0 Å². The number of hydrogen-bond donors (Lipinski definition) is 0. The van der Waals surface area contributed by atoms with Crippen LogP contribution in [0.5, 0.6) is 0 Å². The fraction of sp³-hybridized carbons (Fsp3) is 0.414. The monoisotopic (exact) mass is 604 g/mol. The van der Waals surface area contributed by atoms with Crippen molar-refractivity contribution in [2.45, 2.75) is 74.2 Å². The van der Waals surface area contributed by atoms with Crippen molar-refractivity contribution in [2.24, 2.45) is 0 Å². The molecule has 0 radical (unpaired) electrons. The first kappa shape index (κ1) is 29.9. The Morgan fingerprint density at radius 1 is 0.618 bits per heavy atom. The Morgan fingerprint density at radius 2 is 0.941 bits per heavy atom. The van der Waals surface area contributed by atoms with Crippen LogP contribution in [0.4, 0.5) is 0 Å². The molecule has 0 N–H and O–H groups in total. The average Bonchev–Trinajstić information content (AvgIpc) is 3.13. The van der Waals surface area contributed by atoms with Gasteiger partial charge in [0.1, 0.15) is 0 Å². The normalized spacial score (nSPS) is 19.1. The molecule has 0 saturated carbocycles. The van der Waals surface area contributed by atoms with Gasteiger partial charge in [-0.15, -0.1) is 0 Å². The van der Waals surface area contributed by atoms with Crippen LogP contribution < -0.4 is 24.8 Å². The summed E-state index contributed by atoms with van der Waals surface area (Å²) in [5.41, 5.74) is 9.95. The molecule has 2 aromatic rings. The van der Waals surface area contributed by atoms with Crippen LogP contribution >= 0.6 is 0 Å². The molecular formula is C29H40Cl2Si2Zr. The largest absolute Gasteiger partial charge is 1.00 e. The van der Waals surface area contributed by atoms with E-state index in [4.69, 9.17) is 0 Å². The van der Waals surface area contributed by atoms with Crippen LogP contribution in [0.2, 0.25) is 39.3 Å². The van der Waals surface area contributed by atoms with Crippen LogP contribution in [-0.4, -0.2) is 19.4 Å². The van der Waals surface area contributed by atoms with E-state index < -0.39 is 37.4 Å². The van der Waals surface area contributed by atoms with Gasteiger partial charge in [0.05, 0.1) is 0 Å². The van der Waals surface area contributed by atoms with E-state index in [1.807, 2.05) is 0 Å². The minimum absolute atomic E-state index is 0. The third-order valence-corrected chi connectivity index (χ3v) is 21.3. The second-order valence-corrected chi connectivity index (χ2v) is 29.6. The summed E-state index contributed by atoms with van der Waals surface area (Å²) in [6.07, 6.45) is 0. The van der Waals surface area contributed by atoms with Gasteiger partial charge in [-0.05, 0) is 0 Å². The molecular weight excluding hydrogens is 567 g/mol. The summed E-state index contributed by atoms with van der Waals surface area (Å²) >= 11 is -2.16. The van der Waals surface area contributed by atoms with Crippen LogP contribution in [0.25, 0.3) is 10.4 Å². The van der Waals surface area contributed by atoms with Gasteiger partial charge in [0.2, 0.25) is 0 Å². The van der Waals surface area contributed by atoms with Gasteiger partial charge in [-0.25, -0.2) is 0 Å². The first-order chi connectivity index (χ1) is 14.9. The minimum Gasteiger partial charge on any atom is -1.00 e. The van der Waals surface area contributed by atoms with Gasteiger partial charge in [-0.1, -0.05) is 0 Å². The summed E-state index contributed by atoms with van der Waals surface area (Å²) in [7, 11) is -2.87. The van der Waals surface area contributed by atoms with Crippen molar-refractivity contribution in [1.82, 2.24) is 0 Å². The smallest absolute Gasteiger partial charge is 1.00 e. The quantitative estimate of drug-likeness (QED) is 0.470. The first-order valence-corrected chi connectivity index (χ1v) is 23.2. The number of hydrogen-bond acceptors (Lipinski definition) is 0. The molecule has 0 saturated heterocycles. The van der Waals surface area contributed by atoms with Gasteiger partial charge in [0, 0.05) is 0 Å². The van der Waals surface area contributed by atoms with E-state index in [1.165, 1.54) is 0 Å². The van der Waals surface area contributed by atoms with Gasteiger partial charge in [-0.2, -0.15) is 0 Å². The maximum Gasteiger partial charge on any atom is -1.00 e. The van der Waals surface area contributed by atoms with Crippen molar-refractivity contribution >= 4 is 29.7 Å². The van der Waals surface area contributed by atoms with Crippen molar-refractivity contribution in [3.63, 3.8) is 0 Å². The SMILES string of the molecule is CC1=C([Si](C)(C)C)c2ccccc2[CH]1[Zr+2](=[C](C)C)[CH]1C(C)=C([Si](C)(C)C)c2ccccc21.[Cl-].[Cl-]. The number of benzene rings is 2. The summed E-state index contributed by atoms with van der Waals surface area (Å²) in [6, 6.07) is 18.9. The molecule has 0 spiro atoms. The van der Waals surface area contributed by atoms with Crippen molar-refractivity contribution in [1.29, 1.82) is 0 Å². The molecule has 0 fully saturated rings. The zero-order valence-electron chi connectivity index (χ0n) is 22.5. The molecule has 2 atom stereocenters. The number of rotatable bonds is 4. The molecule has 5 heteroatoms. The van der Waals surface area contributed by atoms with Crippen molar-refractivity contribution < 1.29 is 46.1 Å². The summed E-state index contributed by atoms with van der Waals surface area (Å²) in [5.74, 6) is 0. The predicted octanol–water partition coefficient (Wildman–Crippen LogP) is 2.64. The molecule has 2 aliphatic rings. The Balaban J connectivity index is 0.00000204. The van der Waals surface area contributed by atoms with Crippen LogP contribution in [0.3, 0.4) is 0 Å². The fourth-order valence-corrected chi connectivity index (χ4v) is 21.7. The van der Waals surface area contributed by atoms with Crippen LogP contribution in [-0.2, 0) is 21.3 Å². The Labute approximate surface area is 230 Å². The second kappa shape index (κ2) is 10.6. The summed E-state index contributed by atoms with van der Waals surface area (Å²) < 4.78 is 3.11. The van der Waals surface area contributed by atoms with E-state index in [-0.39, 0.29) is 24.8 Å². The third kappa shape index (κ3) is 4.94. The van der Waals surface area contributed by atoms with Crippen LogP contribution in [0.1, 0.15) is 57.2 Å². The van der Waals surface area contributed by atoms with E-state index >= 15 is 0 Å². The molecule has 0 heterocycles. The molecule has 4 rings (SSSR count). The zero-order chi connectivity index (χ0) is 23.6. The average molecular weight is 607 g/mol. The van der Waals surface area contributed by atoms with Crippen molar-refractivity contribution in [3.8, 4) is 0 Å². The van der Waals surface area contributed by atoms with E-state index in [0.29, 0.717) is 7.25 Å². The molecule has 2 aliphatic carbocycles. The van der Waals surface area contributed by atoms with E-state index in [0.717, 1.165) is 0 Å². The Hall–Kier alpha value is -0.313. The van der Waals surface area contributed by atoms with Gasteiger partial charge < -0.3 is 24.8 Å². The molecule has 0 nitrogen and oxygen atoms in total. The van der Waals surface area contributed by atoms with Gasteiger partial charge >= 0.3 is 207 Å². The summed E-state index contributed by atoms with van der Waals surface area (Å²) in [4.78, 5) is 0. The molecule has 2 unspecified atom stereocenters. The van der Waals surface area contributed by atoms with E-state index in [2.05, 4.69) is 116 Å². The van der Waals surface area contributed by atoms with Crippen LogP contribution in [0, 0.1) is 0 Å². The number of allylic oxidation sites excluding steroid dienone is 2. The minimum atomic E-state index is -2.16. The van der Waals surface area contributed by atoms with Crippen LogP contribution in [0.15, 0.2) is 59.7 Å². The Bertz CT molecular complexity index is 1100. The Kier molecular flexibility index (Phi) is 9.31.